The number of Topliss-reactive ketones (excluding diaryl/α,β-unsaturated/α-hetero) is 1. The third-order valence-corrected chi connectivity index (χ3v) is 2.83. The number of rotatable bonds is 3. The van der Waals surface area contributed by atoms with Crippen LogP contribution in [-0.4, -0.2) is 5.78 Å². The number of hydrogen-bond donors (Lipinski definition) is 0. The van der Waals surface area contributed by atoms with Crippen molar-refractivity contribution in [3.8, 4) is 0 Å². The summed E-state index contributed by atoms with van der Waals surface area (Å²) in [4.78, 5) is 11.1. The summed E-state index contributed by atoms with van der Waals surface area (Å²) >= 11 is 5.83. The van der Waals surface area contributed by atoms with Gasteiger partial charge in [-0.15, -0.1) is 0 Å². The summed E-state index contributed by atoms with van der Waals surface area (Å²) in [5.74, 6) is 0.0867. The fourth-order valence-electron chi connectivity index (χ4n) is 1.60. The van der Waals surface area contributed by atoms with Gasteiger partial charge in [-0.3, -0.25) is 4.79 Å². The molecular formula is C14H13Cl2NO. The summed E-state index contributed by atoms with van der Waals surface area (Å²) in [6.45, 7) is 2.34. The number of carbonyl (C=O) groups is 1. The van der Waals surface area contributed by atoms with Gasteiger partial charge in [-0.1, -0.05) is 23.7 Å². The van der Waals surface area contributed by atoms with E-state index in [9.17, 15) is 4.79 Å². The topological polar surface area (TPSA) is 20.9 Å². The molecule has 0 aliphatic rings. The second-order valence-electron chi connectivity index (χ2n) is 3.94. The SMILES string of the molecule is CC(=O)c1cc[n+](Cc2ccc(Cl)cc2)cc1.[Cl-]. The van der Waals surface area contributed by atoms with Gasteiger partial charge in [-0.25, -0.2) is 4.57 Å². The molecule has 0 amide bonds. The number of halogens is 2. The van der Waals surface area contributed by atoms with Gasteiger partial charge >= 0.3 is 0 Å². The molecule has 1 aromatic carbocycles. The minimum Gasteiger partial charge on any atom is -1.00 e. The molecule has 0 spiro atoms. The van der Waals surface area contributed by atoms with Crippen LogP contribution < -0.4 is 17.0 Å². The Labute approximate surface area is 118 Å². The van der Waals surface area contributed by atoms with Crippen molar-refractivity contribution in [1.29, 1.82) is 0 Å². The molecule has 0 saturated heterocycles. The van der Waals surface area contributed by atoms with Crippen molar-refractivity contribution >= 4 is 17.4 Å². The van der Waals surface area contributed by atoms with E-state index in [0.717, 1.165) is 17.1 Å². The molecule has 1 heterocycles. The number of carbonyl (C=O) groups excluding carboxylic acids is 1. The molecule has 0 atom stereocenters. The summed E-state index contributed by atoms with van der Waals surface area (Å²) in [5, 5.41) is 0.741. The van der Waals surface area contributed by atoms with Gasteiger partial charge in [0, 0.05) is 28.3 Å². The van der Waals surface area contributed by atoms with E-state index < -0.39 is 0 Å². The molecule has 2 rings (SSSR count). The molecule has 94 valence electrons. The molecule has 0 fully saturated rings. The quantitative estimate of drug-likeness (QED) is 0.568. The van der Waals surface area contributed by atoms with Gasteiger partial charge in [-0.2, -0.15) is 0 Å². The summed E-state index contributed by atoms with van der Waals surface area (Å²) in [6, 6.07) is 11.4. The lowest BCUT2D eigenvalue weighted by Crippen LogP contribution is -3.00. The monoisotopic (exact) mass is 281 g/mol. The van der Waals surface area contributed by atoms with Crippen LogP contribution >= 0.6 is 11.6 Å². The van der Waals surface area contributed by atoms with E-state index in [1.165, 1.54) is 5.56 Å². The fraction of sp³-hybridized carbons (Fsp3) is 0.143. The van der Waals surface area contributed by atoms with Gasteiger partial charge < -0.3 is 12.4 Å². The summed E-state index contributed by atoms with van der Waals surface area (Å²) in [6.07, 6.45) is 3.82. The van der Waals surface area contributed by atoms with E-state index in [2.05, 4.69) is 0 Å². The van der Waals surface area contributed by atoms with Gasteiger partial charge in [0.1, 0.15) is 0 Å². The maximum absolute atomic E-state index is 11.1. The molecule has 0 bridgehead atoms. The van der Waals surface area contributed by atoms with E-state index in [-0.39, 0.29) is 18.2 Å². The molecule has 0 aliphatic heterocycles. The molecule has 2 aromatic rings. The van der Waals surface area contributed by atoms with Crippen molar-refractivity contribution in [1.82, 2.24) is 0 Å². The van der Waals surface area contributed by atoms with Crippen molar-refractivity contribution in [3.63, 3.8) is 0 Å². The molecule has 0 unspecified atom stereocenters. The van der Waals surface area contributed by atoms with Crippen LogP contribution in [0.4, 0.5) is 0 Å². The van der Waals surface area contributed by atoms with Gasteiger partial charge in [0.25, 0.3) is 0 Å². The first-order valence-electron chi connectivity index (χ1n) is 5.39. The molecular weight excluding hydrogens is 269 g/mol. The maximum Gasteiger partial charge on any atom is 0.173 e. The van der Waals surface area contributed by atoms with Crippen LogP contribution in [0.15, 0.2) is 48.8 Å². The van der Waals surface area contributed by atoms with Crippen molar-refractivity contribution in [3.05, 3.63) is 64.9 Å². The molecule has 18 heavy (non-hydrogen) atoms. The average molecular weight is 282 g/mol. The van der Waals surface area contributed by atoms with Crippen LogP contribution in [0, 0.1) is 0 Å². The first kappa shape index (κ1) is 14.7. The van der Waals surface area contributed by atoms with Crippen molar-refractivity contribution in [2.24, 2.45) is 0 Å². The zero-order valence-electron chi connectivity index (χ0n) is 9.94. The van der Waals surface area contributed by atoms with E-state index in [4.69, 9.17) is 11.6 Å². The minimum absolute atomic E-state index is 0. The Morgan fingerprint density at radius 1 is 1.11 bits per heavy atom. The summed E-state index contributed by atoms with van der Waals surface area (Å²) in [7, 11) is 0. The Bertz CT molecular complexity index is 520. The number of aromatic nitrogens is 1. The molecule has 0 radical (unpaired) electrons. The number of pyridine rings is 1. The Balaban J connectivity index is 0.00000162. The highest BCUT2D eigenvalue weighted by Crippen LogP contribution is 2.09. The third kappa shape index (κ3) is 3.83. The smallest absolute Gasteiger partial charge is 0.173 e. The highest BCUT2D eigenvalue weighted by atomic mass is 35.5. The van der Waals surface area contributed by atoms with Gasteiger partial charge in [0.15, 0.2) is 24.7 Å². The second-order valence-corrected chi connectivity index (χ2v) is 4.38. The largest absolute Gasteiger partial charge is 1.00 e. The summed E-state index contributed by atoms with van der Waals surface area (Å²) < 4.78 is 2.02. The Hall–Kier alpha value is -1.38. The van der Waals surface area contributed by atoms with Crippen LogP contribution in [-0.2, 0) is 6.54 Å². The molecule has 0 aliphatic carbocycles. The van der Waals surface area contributed by atoms with E-state index in [1.807, 2.05) is 53.4 Å². The Morgan fingerprint density at radius 2 is 1.67 bits per heavy atom. The van der Waals surface area contributed by atoms with Gasteiger partial charge in [0.2, 0.25) is 0 Å². The van der Waals surface area contributed by atoms with E-state index in [0.29, 0.717) is 0 Å². The van der Waals surface area contributed by atoms with Gasteiger partial charge in [0.05, 0.1) is 0 Å². The minimum atomic E-state index is 0. The zero-order valence-corrected chi connectivity index (χ0v) is 11.4. The van der Waals surface area contributed by atoms with Crippen LogP contribution in [0.3, 0.4) is 0 Å². The molecule has 0 N–H and O–H groups in total. The first-order valence-corrected chi connectivity index (χ1v) is 5.77. The number of benzene rings is 1. The lowest BCUT2D eigenvalue weighted by atomic mass is 10.2. The van der Waals surface area contributed by atoms with Crippen LogP contribution in [0.25, 0.3) is 0 Å². The molecule has 2 nitrogen and oxygen atoms in total. The lowest BCUT2D eigenvalue weighted by molar-refractivity contribution is -0.688. The third-order valence-electron chi connectivity index (χ3n) is 2.58. The van der Waals surface area contributed by atoms with Crippen LogP contribution in [0.5, 0.6) is 0 Å². The highest BCUT2D eigenvalue weighted by molar-refractivity contribution is 6.30. The lowest BCUT2D eigenvalue weighted by Gasteiger charge is -1.99. The van der Waals surface area contributed by atoms with Crippen LogP contribution in [0.1, 0.15) is 22.8 Å². The van der Waals surface area contributed by atoms with Crippen molar-refractivity contribution in [2.45, 2.75) is 13.5 Å². The second kappa shape index (κ2) is 6.53. The maximum atomic E-state index is 11.1. The van der Waals surface area contributed by atoms with Crippen LogP contribution in [0.2, 0.25) is 5.02 Å². The predicted octanol–water partition coefficient (Wildman–Crippen LogP) is -0.118. The number of ketones is 1. The molecule has 1 aromatic heterocycles. The van der Waals surface area contributed by atoms with Gasteiger partial charge in [-0.05, 0) is 19.1 Å². The Kier molecular flexibility index (Phi) is 5.32. The standard InChI is InChI=1S/C14H13ClNO.ClH/c1-11(17)13-6-8-16(9-7-13)10-12-2-4-14(15)5-3-12;/h2-9H,10H2,1H3;1H/q+1;/p-1. The number of nitrogens with zero attached hydrogens (tertiary/aromatic N) is 1. The molecule has 4 heteroatoms. The molecule has 0 saturated carbocycles. The van der Waals surface area contributed by atoms with E-state index >= 15 is 0 Å². The average Bonchev–Trinajstić information content (AvgIpc) is 2.33. The first-order chi connectivity index (χ1) is 8.15. The van der Waals surface area contributed by atoms with E-state index in [1.54, 1.807) is 6.92 Å². The highest BCUT2D eigenvalue weighted by Gasteiger charge is 2.05. The number of hydrogen-bond acceptors (Lipinski definition) is 1. The van der Waals surface area contributed by atoms with Crippen molar-refractivity contribution < 1.29 is 21.8 Å². The zero-order chi connectivity index (χ0) is 12.3. The van der Waals surface area contributed by atoms with Crippen molar-refractivity contribution in [2.75, 3.05) is 0 Å². The predicted molar refractivity (Wildman–Crippen MR) is 67.2 cm³/mol. The fourth-order valence-corrected chi connectivity index (χ4v) is 1.72. The Morgan fingerprint density at radius 3 is 2.17 bits per heavy atom. The normalized spacial score (nSPS) is 9.67. The summed E-state index contributed by atoms with van der Waals surface area (Å²) in [5.41, 5.74) is 1.91.